The van der Waals surface area contributed by atoms with Crippen LogP contribution in [0.15, 0.2) is 16.5 Å². The standard InChI is InChI=1S/C12H20N2O2/c1-10-2-3-12(16-10)11(9-15)8-14-6-4-13-5-7-14/h2-3,11,13,15H,4-9H2,1H3. The molecule has 0 saturated carbocycles. The highest BCUT2D eigenvalue weighted by atomic mass is 16.3. The SMILES string of the molecule is Cc1ccc(C(CO)CN2CCNCC2)o1. The smallest absolute Gasteiger partial charge is 0.110 e. The molecule has 1 fully saturated rings. The van der Waals surface area contributed by atoms with E-state index in [1.807, 2.05) is 19.1 Å². The van der Waals surface area contributed by atoms with Gasteiger partial charge in [0.25, 0.3) is 0 Å². The molecular weight excluding hydrogens is 204 g/mol. The average Bonchev–Trinajstić information content (AvgIpc) is 2.74. The summed E-state index contributed by atoms with van der Waals surface area (Å²) in [5, 5.41) is 12.7. The minimum atomic E-state index is 0.104. The van der Waals surface area contributed by atoms with Crippen LogP contribution in [0.2, 0.25) is 0 Å². The van der Waals surface area contributed by atoms with Crippen molar-refractivity contribution in [1.82, 2.24) is 10.2 Å². The van der Waals surface area contributed by atoms with Crippen LogP contribution in [0.3, 0.4) is 0 Å². The highest BCUT2D eigenvalue weighted by Crippen LogP contribution is 2.19. The Morgan fingerprint density at radius 3 is 2.75 bits per heavy atom. The predicted octanol–water partition coefficient (Wildman–Crippen LogP) is 0.569. The number of aliphatic hydroxyl groups is 1. The van der Waals surface area contributed by atoms with Gasteiger partial charge in [0.1, 0.15) is 11.5 Å². The van der Waals surface area contributed by atoms with Gasteiger partial charge >= 0.3 is 0 Å². The third kappa shape index (κ3) is 2.84. The van der Waals surface area contributed by atoms with E-state index >= 15 is 0 Å². The Balaban J connectivity index is 1.94. The summed E-state index contributed by atoms with van der Waals surface area (Å²) in [6.45, 7) is 7.14. The molecule has 0 aromatic carbocycles. The first-order chi connectivity index (χ1) is 7.79. The Morgan fingerprint density at radius 1 is 1.44 bits per heavy atom. The van der Waals surface area contributed by atoms with Crippen LogP contribution in [-0.2, 0) is 0 Å². The second kappa shape index (κ2) is 5.48. The zero-order valence-electron chi connectivity index (χ0n) is 9.78. The highest BCUT2D eigenvalue weighted by molar-refractivity contribution is 5.11. The van der Waals surface area contributed by atoms with Crippen molar-refractivity contribution >= 4 is 0 Å². The zero-order valence-corrected chi connectivity index (χ0v) is 9.78. The molecule has 1 aliphatic rings. The van der Waals surface area contributed by atoms with Crippen molar-refractivity contribution in [1.29, 1.82) is 0 Å². The monoisotopic (exact) mass is 224 g/mol. The number of furan rings is 1. The van der Waals surface area contributed by atoms with Gasteiger partial charge in [0.2, 0.25) is 0 Å². The second-order valence-electron chi connectivity index (χ2n) is 4.38. The number of aliphatic hydroxyl groups excluding tert-OH is 1. The van der Waals surface area contributed by atoms with Gasteiger partial charge < -0.3 is 14.8 Å². The van der Waals surface area contributed by atoms with Gasteiger partial charge in [0.15, 0.2) is 0 Å². The number of nitrogens with one attached hydrogen (secondary N) is 1. The maximum absolute atomic E-state index is 9.42. The lowest BCUT2D eigenvalue weighted by Gasteiger charge is -2.29. The summed E-state index contributed by atoms with van der Waals surface area (Å²) in [7, 11) is 0. The molecule has 2 heterocycles. The van der Waals surface area contributed by atoms with Gasteiger partial charge in [-0.25, -0.2) is 0 Å². The van der Waals surface area contributed by atoms with Crippen molar-refractivity contribution in [2.75, 3.05) is 39.3 Å². The normalized spacial score (nSPS) is 19.9. The minimum Gasteiger partial charge on any atom is -0.466 e. The molecule has 4 heteroatoms. The maximum atomic E-state index is 9.42. The van der Waals surface area contributed by atoms with E-state index < -0.39 is 0 Å². The van der Waals surface area contributed by atoms with Crippen molar-refractivity contribution in [3.05, 3.63) is 23.7 Å². The van der Waals surface area contributed by atoms with Crippen molar-refractivity contribution in [3.63, 3.8) is 0 Å². The number of aryl methyl sites for hydroxylation is 1. The van der Waals surface area contributed by atoms with Crippen molar-refractivity contribution in [2.45, 2.75) is 12.8 Å². The molecule has 0 spiro atoms. The molecule has 16 heavy (non-hydrogen) atoms. The molecule has 0 aliphatic carbocycles. The number of rotatable bonds is 4. The summed E-state index contributed by atoms with van der Waals surface area (Å²) in [6, 6.07) is 3.92. The van der Waals surface area contributed by atoms with E-state index in [9.17, 15) is 5.11 Å². The Labute approximate surface area is 96.2 Å². The maximum Gasteiger partial charge on any atom is 0.110 e. The van der Waals surface area contributed by atoms with E-state index in [1.165, 1.54) is 0 Å². The van der Waals surface area contributed by atoms with E-state index in [2.05, 4.69) is 10.2 Å². The molecule has 1 aromatic rings. The van der Waals surface area contributed by atoms with Gasteiger partial charge in [-0.15, -0.1) is 0 Å². The lowest BCUT2D eigenvalue weighted by atomic mass is 10.1. The van der Waals surface area contributed by atoms with Crippen LogP contribution < -0.4 is 5.32 Å². The first-order valence-electron chi connectivity index (χ1n) is 5.90. The quantitative estimate of drug-likeness (QED) is 0.785. The van der Waals surface area contributed by atoms with Gasteiger partial charge in [-0.05, 0) is 19.1 Å². The molecule has 1 saturated heterocycles. The topological polar surface area (TPSA) is 48.6 Å². The summed E-state index contributed by atoms with van der Waals surface area (Å²) in [4.78, 5) is 2.37. The third-order valence-electron chi connectivity index (χ3n) is 3.07. The Hall–Kier alpha value is -0.840. The summed E-state index contributed by atoms with van der Waals surface area (Å²) in [6.07, 6.45) is 0. The molecule has 1 aliphatic heterocycles. The van der Waals surface area contributed by atoms with Crippen molar-refractivity contribution in [3.8, 4) is 0 Å². The average molecular weight is 224 g/mol. The van der Waals surface area contributed by atoms with E-state index in [0.717, 1.165) is 44.2 Å². The van der Waals surface area contributed by atoms with Crippen LogP contribution in [-0.4, -0.2) is 49.3 Å². The van der Waals surface area contributed by atoms with Gasteiger partial charge in [0, 0.05) is 32.7 Å². The summed E-state index contributed by atoms with van der Waals surface area (Å²) >= 11 is 0. The molecule has 90 valence electrons. The van der Waals surface area contributed by atoms with Crippen LogP contribution in [0.25, 0.3) is 0 Å². The molecule has 0 amide bonds. The Bertz CT molecular complexity index is 319. The minimum absolute atomic E-state index is 0.104. The third-order valence-corrected chi connectivity index (χ3v) is 3.07. The van der Waals surface area contributed by atoms with Crippen molar-refractivity contribution < 1.29 is 9.52 Å². The number of piperazine rings is 1. The van der Waals surface area contributed by atoms with Gasteiger partial charge in [-0.3, -0.25) is 4.90 Å². The number of hydrogen-bond donors (Lipinski definition) is 2. The van der Waals surface area contributed by atoms with Gasteiger partial charge in [-0.2, -0.15) is 0 Å². The van der Waals surface area contributed by atoms with Crippen molar-refractivity contribution in [2.24, 2.45) is 0 Å². The molecule has 0 bridgehead atoms. The summed E-state index contributed by atoms with van der Waals surface area (Å²) in [5.41, 5.74) is 0. The lowest BCUT2D eigenvalue weighted by Crippen LogP contribution is -2.45. The molecule has 1 atom stereocenters. The number of nitrogens with zero attached hydrogens (tertiary/aromatic N) is 1. The predicted molar refractivity (Wildman–Crippen MR) is 62.6 cm³/mol. The van der Waals surface area contributed by atoms with Crippen LogP contribution in [0.4, 0.5) is 0 Å². The molecule has 2 rings (SSSR count). The van der Waals surface area contributed by atoms with E-state index in [4.69, 9.17) is 4.42 Å². The van der Waals surface area contributed by atoms with E-state index in [1.54, 1.807) is 0 Å². The van der Waals surface area contributed by atoms with Crippen LogP contribution in [0, 0.1) is 6.92 Å². The lowest BCUT2D eigenvalue weighted by molar-refractivity contribution is 0.174. The van der Waals surface area contributed by atoms with Crippen LogP contribution >= 0.6 is 0 Å². The first-order valence-corrected chi connectivity index (χ1v) is 5.90. The van der Waals surface area contributed by atoms with E-state index in [-0.39, 0.29) is 12.5 Å². The molecule has 1 unspecified atom stereocenters. The number of hydrogen-bond acceptors (Lipinski definition) is 4. The van der Waals surface area contributed by atoms with E-state index in [0.29, 0.717) is 0 Å². The highest BCUT2D eigenvalue weighted by Gasteiger charge is 2.19. The molecule has 2 N–H and O–H groups in total. The molecular formula is C12H20N2O2. The molecule has 4 nitrogen and oxygen atoms in total. The first kappa shape index (κ1) is 11.6. The second-order valence-corrected chi connectivity index (χ2v) is 4.38. The molecule has 0 radical (unpaired) electrons. The molecule has 1 aromatic heterocycles. The fourth-order valence-electron chi connectivity index (χ4n) is 2.12. The fourth-order valence-corrected chi connectivity index (χ4v) is 2.12. The van der Waals surface area contributed by atoms with Gasteiger partial charge in [0.05, 0.1) is 12.5 Å². The largest absolute Gasteiger partial charge is 0.466 e. The van der Waals surface area contributed by atoms with Gasteiger partial charge in [-0.1, -0.05) is 0 Å². The van der Waals surface area contributed by atoms with Crippen LogP contribution in [0.5, 0.6) is 0 Å². The van der Waals surface area contributed by atoms with Crippen LogP contribution in [0.1, 0.15) is 17.4 Å². The zero-order chi connectivity index (χ0) is 11.4. The Morgan fingerprint density at radius 2 is 2.19 bits per heavy atom. The fraction of sp³-hybridized carbons (Fsp3) is 0.667. The Kier molecular flexibility index (Phi) is 3.98. The summed E-state index contributed by atoms with van der Waals surface area (Å²) < 4.78 is 5.58. The summed E-state index contributed by atoms with van der Waals surface area (Å²) in [5.74, 6) is 1.92.